The van der Waals surface area contributed by atoms with Crippen molar-refractivity contribution in [3.63, 3.8) is 0 Å². The van der Waals surface area contributed by atoms with Gasteiger partial charge in [-0.1, -0.05) is 23.7 Å². The predicted molar refractivity (Wildman–Crippen MR) is 70.9 cm³/mol. The van der Waals surface area contributed by atoms with Gasteiger partial charge >= 0.3 is 0 Å². The van der Waals surface area contributed by atoms with E-state index in [4.69, 9.17) is 16.3 Å². The minimum Gasteiger partial charge on any atom is -0.495 e. The van der Waals surface area contributed by atoms with Crippen LogP contribution in [0.5, 0.6) is 5.75 Å². The fourth-order valence-corrected chi connectivity index (χ4v) is 2.41. The standard InChI is InChI=1S/C13H19ClN2O/c1-10-3-4-11(13(17-2)12(10)14)9-16-7-5-15-6-8-16/h3-4,15H,5-9H2,1-2H3. The van der Waals surface area contributed by atoms with Crippen LogP contribution in [-0.2, 0) is 6.54 Å². The van der Waals surface area contributed by atoms with Gasteiger partial charge in [-0.05, 0) is 12.5 Å². The summed E-state index contributed by atoms with van der Waals surface area (Å²) < 4.78 is 5.42. The molecule has 0 spiro atoms. The van der Waals surface area contributed by atoms with E-state index in [9.17, 15) is 0 Å². The lowest BCUT2D eigenvalue weighted by molar-refractivity contribution is 0.230. The Morgan fingerprint density at radius 2 is 2.06 bits per heavy atom. The second kappa shape index (κ2) is 5.71. The topological polar surface area (TPSA) is 24.5 Å². The van der Waals surface area contributed by atoms with Crippen molar-refractivity contribution in [2.75, 3.05) is 33.3 Å². The molecule has 1 aromatic rings. The van der Waals surface area contributed by atoms with E-state index < -0.39 is 0 Å². The predicted octanol–water partition coefficient (Wildman–Crippen LogP) is 2.06. The summed E-state index contributed by atoms with van der Waals surface area (Å²) in [6.07, 6.45) is 0. The van der Waals surface area contributed by atoms with Crippen molar-refractivity contribution in [1.29, 1.82) is 0 Å². The summed E-state index contributed by atoms with van der Waals surface area (Å²) in [4.78, 5) is 2.42. The van der Waals surface area contributed by atoms with E-state index in [0.29, 0.717) is 0 Å². The smallest absolute Gasteiger partial charge is 0.142 e. The molecule has 1 aliphatic rings. The van der Waals surface area contributed by atoms with Crippen molar-refractivity contribution in [2.45, 2.75) is 13.5 Å². The Kier molecular flexibility index (Phi) is 4.26. The summed E-state index contributed by atoms with van der Waals surface area (Å²) in [7, 11) is 1.68. The molecular formula is C13H19ClN2O. The molecule has 1 aromatic carbocycles. The van der Waals surface area contributed by atoms with Gasteiger partial charge in [0, 0.05) is 38.3 Å². The zero-order valence-electron chi connectivity index (χ0n) is 10.4. The molecule has 0 bridgehead atoms. The maximum absolute atomic E-state index is 6.26. The van der Waals surface area contributed by atoms with Crippen molar-refractivity contribution in [2.24, 2.45) is 0 Å². The normalized spacial score (nSPS) is 17.1. The monoisotopic (exact) mass is 254 g/mol. The molecule has 17 heavy (non-hydrogen) atoms. The Morgan fingerprint density at radius 3 is 2.71 bits per heavy atom. The molecular weight excluding hydrogens is 236 g/mol. The van der Waals surface area contributed by atoms with Crippen LogP contribution < -0.4 is 10.1 Å². The van der Waals surface area contributed by atoms with Crippen LogP contribution in [0.1, 0.15) is 11.1 Å². The first-order valence-corrected chi connectivity index (χ1v) is 6.35. The van der Waals surface area contributed by atoms with Gasteiger partial charge in [-0.15, -0.1) is 0 Å². The summed E-state index contributed by atoms with van der Waals surface area (Å²) in [5, 5.41) is 4.09. The molecule has 0 amide bonds. The summed E-state index contributed by atoms with van der Waals surface area (Å²) in [5.74, 6) is 0.824. The summed E-state index contributed by atoms with van der Waals surface area (Å²) in [5.41, 5.74) is 2.23. The van der Waals surface area contributed by atoms with Gasteiger partial charge in [-0.25, -0.2) is 0 Å². The number of hydrogen-bond acceptors (Lipinski definition) is 3. The maximum atomic E-state index is 6.26. The number of nitrogens with zero attached hydrogens (tertiary/aromatic N) is 1. The van der Waals surface area contributed by atoms with E-state index in [1.807, 2.05) is 6.92 Å². The van der Waals surface area contributed by atoms with Gasteiger partial charge < -0.3 is 10.1 Å². The van der Waals surface area contributed by atoms with Crippen molar-refractivity contribution >= 4 is 11.6 Å². The lowest BCUT2D eigenvalue weighted by Crippen LogP contribution is -2.42. The van der Waals surface area contributed by atoms with Crippen LogP contribution in [-0.4, -0.2) is 38.2 Å². The lowest BCUT2D eigenvalue weighted by atomic mass is 10.1. The molecule has 0 aromatic heterocycles. The van der Waals surface area contributed by atoms with Gasteiger partial charge in [0.1, 0.15) is 5.75 Å². The number of nitrogens with one attached hydrogen (secondary N) is 1. The first-order valence-electron chi connectivity index (χ1n) is 5.97. The third-order valence-electron chi connectivity index (χ3n) is 3.18. The quantitative estimate of drug-likeness (QED) is 0.894. The molecule has 1 heterocycles. The Labute approximate surface area is 108 Å². The zero-order valence-corrected chi connectivity index (χ0v) is 11.2. The van der Waals surface area contributed by atoms with Gasteiger partial charge in [0.05, 0.1) is 12.1 Å². The third-order valence-corrected chi connectivity index (χ3v) is 3.65. The van der Waals surface area contributed by atoms with Crippen molar-refractivity contribution in [3.05, 3.63) is 28.3 Å². The lowest BCUT2D eigenvalue weighted by Gasteiger charge is -2.28. The first kappa shape index (κ1) is 12.7. The van der Waals surface area contributed by atoms with Crippen LogP contribution in [0.15, 0.2) is 12.1 Å². The van der Waals surface area contributed by atoms with Crippen LogP contribution >= 0.6 is 11.6 Å². The summed E-state index contributed by atoms with van der Waals surface area (Å²) in [6, 6.07) is 4.17. The fraction of sp³-hybridized carbons (Fsp3) is 0.538. The number of piperazine rings is 1. The van der Waals surface area contributed by atoms with E-state index in [-0.39, 0.29) is 0 Å². The van der Waals surface area contributed by atoms with Crippen LogP contribution in [0, 0.1) is 6.92 Å². The molecule has 0 radical (unpaired) electrons. The number of aryl methyl sites for hydroxylation is 1. The van der Waals surface area contributed by atoms with E-state index in [0.717, 1.165) is 49.1 Å². The second-order valence-electron chi connectivity index (χ2n) is 4.41. The first-order chi connectivity index (χ1) is 8.22. The molecule has 1 fully saturated rings. The number of hydrogen-bond donors (Lipinski definition) is 1. The fourth-order valence-electron chi connectivity index (χ4n) is 2.15. The average molecular weight is 255 g/mol. The Bertz CT molecular complexity index is 389. The Hall–Kier alpha value is -0.770. The highest BCUT2D eigenvalue weighted by molar-refractivity contribution is 6.32. The van der Waals surface area contributed by atoms with Gasteiger partial charge in [-0.3, -0.25) is 4.90 Å². The SMILES string of the molecule is COc1c(CN2CCNCC2)ccc(C)c1Cl. The molecule has 1 N–H and O–H groups in total. The molecule has 4 heteroatoms. The van der Waals surface area contributed by atoms with Crippen LogP contribution in [0.2, 0.25) is 5.02 Å². The highest BCUT2D eigenvalue weighted by atomic mass is 35.5. The maximum Gasteiger partial charge on any atom is 0.142 e. The summed E-state index contributed by atoms with van der Waals surface area (Å²) >= 11 is 6.26. The minimum absolute atomic E-state index is 0.736. The average Bonchev–Trinajstić information content (AvgIpc) is 2.36. The van der Waals surface area contributed by atoms with E-state index in [1.54, 1.807) is 7.11 Å². The summed E-state index contributed by atoms with van der Waals surface area (Å²) in [6.45, 7) is 7.18. The molecule has 0 saturated carbocycles. The molecule has 0 aliphatic carbocycles. The number of benzene rings is 1. The van der Waals surface area contributed by atoms with Gasteiger partial charge in [0.25, 0.3) is 0 Å². The van der Waals surface area contributed by atoms with Crippen molar-refractivity contribution in [3.8, 4) is 5.75 Å². The van der Waals surface area contributed by atoms with Crippen molar-refractivity contribution < 1.29 is 4.74 Å². The molecule has 94 valence electrons. The highest BCUT2D eigenvalue weighted by Crippen LogP contribution is 2.32. The third kappa shape index (κ3) is 2.92. The molecule has 0 unspecified atom stereocenters. The Balaban J connectivity index is 2.17. The van der Waals surface area contributed by atoms with Crippen LogP contribution in [0.3, 0.4) is 0 Å². The van der Waals surface area contributed by atoms with E-state index >= 15 is 0 Å². The number of methoxy groups -OCH3 is 1. The van der Waals surface area contributed by atoms with E-state index in [2.05, 4.69) is 22.3 Å². The van der Waals surface area contributed by atoms with Crippen LogP contribution in [0.25, 0.3) is 0 Å². The molecule has 1 saturated heterocycles. The molecule has 1 aliphatic heterocycles. The van der Waals surface area contributed by atoms with Gasteiger partial charge in [-0.2, -0.15) is 0 Å². The largest absolute Gasteiger partial charge is 0.495 e. The molecule has 2 rings (SSSR count). The number of ether oxygens (including phenoxy) is 1. The Morgan fingerprint density at radius 1 is 1.35 bits per heavy atom. The molecule has 0 atom stereocenters. The van der Waals surface area contributed by atoms with Crippen LogP contribution in [0.4, 0.5) is 0 Å². The van der Waals surface area contributed by atoms with Gasteiger partial charge in [0.2, 0.25) is 0 Å². The van der Waals surface area contributed by atoms with Crippen molar-refractivity contribution in [1.82, 2.24) is 10.2 Å². The molecule has 3 nitrogen and oxygen atoms in total. The van der Waals surface area contributed by atoms with E-state index in [1.165, 1.54) is 5.56 Å². The zero-order chi connectivity index (χ0) is 12.3. The minimum atomic E-state index is 0.736. The number of halogens is 1. The highest BCUT2D eigenvalue weighted by Gasteiger charge is 2.15. The number of rotatable bonds is 3. The van der Waals surface area contributed by atoms with Gasteiger partial charge in [0.15, 0.2) is 0 Å². The second-order valence-corrected chi connectivity index (χ2v) is 4.79.